The van der Waals surface area contributed by atoms with Crippen LogP contribution in [-0.4, -0.2) is 41.7 Å². The highest BCUT2D eigenvalue weighted by Gasteiger charge is 2.36. The van der Waals surface area contributed by atoms with E-state index in [4.69, 9.17) is 0 Å². The zero-order chi connectivity index (χ0) is 13.4. The van der Waals surface area contributed by atoms with Crippen molar-refractivity contribution in [2.24, 2.45) is 0 Å². The summed E-state index contributed by atoms with van der Waals surface area (Å²) in [6.07, 6.45) is 0. The molecule has 1 amide bonds. The average molecular weight is 276 g/mol. The van der Waals surface area contributed by atoms with Gasteiger partial charge in [-0.1, -0.05) is 18.2 Å². The van der Waals surface area contributed by atoms with E-state index in [2.05, 4.69) is 36.2 Å². The minimum Gasteiger partial charge on any atom is -0.337 e. The lowest BCUT2D eigenvalue weighted by molar-refractivity contribution is -0.136. The third kappa shape index (κ3) is 2.28. The molecule has 0 bridgehead atoms. The summed E-state index contributed by atoms with van der Waals surface area (Å²) in [5.41, 5.74) is 1.22. The Morgan fingerprint density at radius 2 is 2.16 bits per heavy atom. The van der Waals surface area contributed by atoms with Gasteiger partial charge in [-0.3, -0.25) is 4.79 Å². The van der Waals surface area contributed by atoms with E-state index in [-0.39, 0.29) is 12.0 Å². The molecule has 3 nitrogen and oxygen atoms in total. The van der Waals surface area contributed by atoms with Crippen molar-refractivity contribution in [2.75, 3.05) is 18.8 Å². The molecule has 3 rings (SSSR count). The van der Waals surface area contributed by atoms with Crippen molar-refractivity contribution in [1.29, 1.82) is 0 Å². The summed E-state index contributed by atoms with van der Waals surface area (Å²) in [5, 5.41) is 3.43. The van der Waals surface area contributed by atoms with Gasteiger partial charge < -0.3 is 10.2 Å². The number of carbonyl (C=O) groups excluding carboxylic acids is 1. The number of fused-ring (bicyclic) bond motifs is 1. The van der Waals surface area contributed by atoms with Gasteiger partial charge in [0.2, 0.25) is 5.91 Å². The molecule has 2 aliphatic rings. The van der Waals surface area contributed by atoms with Gasteiger partial charge in [-0.25, -0.2) is 0 Å². The Labute approximate surface area is 118 Å². The van der Waals surface area contributed by atoms with Crippen LogP contribution in [0.4, 0.5) is 0 Å². The molecule has 0 spiro atoms. The van der Waals surface area contributed by atoms with Crippen molar-refractivity contribution in [1.82, 2.24) is 10.2 Å². The predicted octanol–water partition coefficient (Wildman–Crippen LogP) is 2.08. The fraction of sp³-hybridized carbons (Fsp3) is 0.533. The normalized spacial score (nSPS) is 30.2. The Hall–Kier alpha value is -1.00. The molecule has 3 atom stereocenters. The quantitative estimate of drug-likeness (QED) is 0.852. The summed E-state index contributed by atoms with van der Waals surface area (Å²) in [6.45, 7) is 6.02. The summed E-state index contributed by atoms with van der Waals surface area (Å²) in [5.74, 6) is 1.25. The van der Waals surface area contributed by atoms with Gasteiger partial charge >= 0.3 is 0 Å². The highest BCUT2D eigenvalue weighted by atomic mass is 32.2. The van der Waals surface area contributed by atoms with Crippen LogP contribution >= 0.6 is 11.8 Å². The molecule has 102 valence electrons. The molecule has 2 aliphatic heterocycles. The van der Waals surface area contributed by atoms with E-state index in [0.717, 1.165) is 18.8 Å². The summed E-state index contributed by atoms with van der Waals surface area (Å²) < 4.78 is 0. The fourth-order valence-electron chi connectivity index (χ4n) is 2.93. The standard InChI is InChI=1S/C15H20N2OS/c1-10-11(2)17(8-7-16-10)15(18)13-9-19-14-6-4-3-5-12(13)14/h3-6,10-11,13,16H,7-9H2,1-2H3. The number of amides is 1. The summed E-state index contributed by atoms with van der Waals surface area (Å²) in [4.78, 5) is 16.1. The van der Waals surface area contributed by atoms with Gasteiger partial charge in [-0.2, -0.15) is 0 Å². The Morgan fingerprint density at radius 1 is 1.37 bits per heavy atom. The lowest BCUT2D eigenvalue weighted by Crippen LogP contribution is -2.58. The number of hydrogen-bond donors (Lipinski definition) is 1. The van der Waals surface area contributed by atoms with E-state index in [9.17, 15) is 4.79 Å². The van der Waals surface area contributed by atoms with E-state index in [1.807, 2.05) is 23.9 Å². The van der Waals surface area contributed by atoms with Gasteiger partial charge in [0, 0.05) is 35.8 Å². The molecule has 1 aromatic carbocycles. The van der Waals surface area contributed by atoms with Crippen LogP contribution in [0.5, 0.6) is 0 Å². The number of thioether (sulfide) groups is 1. The molecule has 2 heterocycles. The van der Waals surface area contributed by atoms with Gasteiger partial charge in [-0.05, 0) is 25.5 Å². The monoisotopic (exact) mass is 276 g/mol. The van der Waals surface area contributed by atoms with Crippen LogP contribution in [-0.2, 0) is 4.79 Å². The number of hydrogen-bond acceptors (Lipinski definition) is 3. The van der Waals surface area contributed by atoms with Crippen LogP contribution in [0.15, 0.2) is 29.2 Å². The molecule has 0 radical (unpaired) electrons. The van der Waals surface area contributed by atoms with E-state index in [1.165, 1.54) is 10.5 Å². The lowest BCUT2D eigenvalue weighted by atomic mass is 9.97. The molecule has 0 saturated carbocycles. The van der Waals surface area contributed by atoms with Crippen LogP contribution in [0, 0.1) is 0 Å². The van der Waals surface area contributed by atoms with Crippen molar-refractivity contribution in [3.8, 4) is 0 Å². The zero-order valence-corrected chi connectivity index (χ0v) is 12.2. The maximum Gasteiger partial charge on any atom is 0.231 e. The van der Waals surface area contributed by atoms with Crippen molar-refractivity contribution in [3.05, 3.63) is 29.8 Å². The molecule has 1 N–H and O–H groups in total. The first-order chi connectivity index (χ1) is 9.18. The largest absolute Gasteiger partial charge is 0.337 e. The van der Waals surface area contributed by atoms with Crippen LogP contribution < -0.4 is 5.32 Å². The lowest BCUT2D eigenvalue weighted by Gasteiger charge is -2.39. The third-order valence-electron chi connectivity index (χ3n) is 4.32. The average Bonchev–Trinajstić information content (AvgIpc) is 2.85. The molecule has 0 aromatic heterocycles. The first-order valence-electron chi connectivity index (χ1n) is 6.94. The number of nitrogens with one attached hydrogen (secondary N) is 1. The molecule has 3 unspecified atom stereocenters. The van der Waals surface area contributed by atoms with Gasteiger partial charge in [0.05, 0.1) is 5.92 Å². The number of nitrogens with zero attached hydrogens (tertiary/aromatic N) is 1. The molecule has 0 aliphatic carbocycles. The number of rotatable bonds is 1. The molecular formula is C15H20N2OS. The topological polar surface area (TPSA) is 32.3 Å². The number of benzene rings is 1. The first-order valence-corrected chi connectivity index (χ1v) is 7.92. The highest BCUT2D eigenvalue weighted by molar-refractivity contribution is 7.99. The van der Waals surface area contributed by atoms with Crippen LogP contribution in [0.3, 0.4) is 0 Å². The summed E-state index contributed by atoms with van der Waals surface area (Å²) in [6, 6.07) is 8.97. The molecule has 1 aromatic rings. The molecule has 19 heavy (non-hydrogen) atoms. The summed E-state index contributed by atoms with van der Waals surface area (Å²) >= 11 is 1.81. The second-order valence-electron chi connectivity index (χ2n) is 5.42. The van der Waals surface area contributed by atoms with Crippen LogP contribution in [0.2, 0.25) is 0 Å². The molecular weight excluding hydrogens is 256 g/mol. The van der Waals surface area contributed by atoms with Crippen molar-refractivity contribution in [3.63, 3.8) is 0 Å². The van der Waals surface area contributed by atoms with Gasteiger partial charge in [0.25, 0.3) is 0 Å². The second kappa shape index (κ2) is 5.17. The van der Waals surface area contributed by atoms with E-state index < -0.39 is 0 Å². The van der Waals surface area contributed by atoms with Gasteiger partial charge in [0.15, 0.2) is 0 Å². The highest BCUT2D eigenvalue weighted by Crippen LogP contribution is 2.40. The Kier molecular flexibility index (Phi) is 3.54. The minimum absolute atomic E-state index is 0.0500. The van der Waals surface area contributed by atoms with Crippen molar-refractivity contribution in [2.45, 2.75) is 36.7 Å². The number of piperazine rings is 1. The smallest absolute Gasteiger partial charge is 0.231 e. The first kappa shape index (κ1) is 13.0. The molecule has 4 heteroatoms. The SMILES string of the molecule is CC1NCCN(C(=O)C2CSc3ccccc32)C1C. The van der Waals surface area contributed by atoms with Gasteiger partial charge in [-0.15, -0.1) is 11.8 Å². The Bertz CT molecular complexity index is 491. The second-order valence-corrected chi connectivity index (χ2v) is 6.48. The van der Waals surface area contributed by atoms with E-state index in [0.29, 0.717) is 11.9 Å². The Balaban J connectivity index is 1.82. The van der Waals surface area contributed by atoms with Crippen LogP contribution in [0.25, 0.3) is 0 Å². The Morgan fingerprint density at radius 3 is 3.00 bits per heavy atom. The zero-order valence-electron chi connectivity index (χ0n) is 11.4. The third-order valence-corrected chi connectivity index (χ3v) is 5.50. The maximum absolute atomic E-state index is 12.8. The minimum atomic E-state index is 0.0500. The van der Waals surface area contributed by atoms with E-state index in [1.54, 1.807) is 0 Å². The van der Waals surface area contributed by atoms with Crippen LogP contribution in [0.1, 0.15) is 25.3 Å². The molecule has 1 fully saturated rings. The van der Waals surface area contributed by atoms with Gasteiger partial charge in [0.1, 0.15) is 0 Å². The van der Waals surface area contributed by atoms with Crippen molar-refractivity contribution < 1.29 is 4.79 Å². The van der Waals surface area contributed by atoms with E-state index >= 15 is 0 Å². The number of carbonyl (C=O) groups is 1. The fourth-order valence-corrected chi connectivity index (χ4v) is 4.16. The molecule has 1 saturated heterocycles. The summed E-state index contributed by atoms with van der Waals surface area (Å²) in [7, 11) is 0. The predicted molar refractivity (Wildman–Crippen MR) is 78.5 cm³/mol. The maximum atomic E-state index is 12.8. The van der Waals surface area contributed by atoms with Crippen molar-refractivity contribution >= 4 is 17.7 Å².